The van der Waals surface area contributed by atoms with Gasteiger partial charge in [-0.15, -0.1) is 6.58 Å². The standard InChI is InChI=1S/C15H22O8/c1-6-7-19-15-14(23-11(5)18)13(22-10(4)17)12(8(2)20-15)21-9(3)16/h6,8,12-15H,1,7H2,2-5H3/t8-,12-,13+,14+,15+/m0/s1. The predicted octanol–water partition coefficient (Wildman–Crippen LogP) is 0.729. The number of carbonyl (C=O) groups excluding carboxylic acids is 3. The predicted molar refractivity (Wildman–Crippen MR) is 77.1 cm³/mol. The van der Waals surface area contributed by atoms with Crippen molar-refractivity contribution >= 4 is 17.9 Å². The van der Waals surface area contributed by atoms with E-state index in [0.717, 1.165) is 0 Å². The topological polar surface area (TPSA) is 97.4 Å². The van der Waals surface area contributed by atoms with Gasteiger partial charge in [-0.3, -0.25) is 14.4 Å². The number of rotatable bonds is 6. The first-order valence-corrected chi connectivity index (χ1v) is 7.15. The zero-order valence-electron chi connectivity index (χ0n) is 13.6. The van der Waals surface area contributed by atoms with Crippen LogP contribution >= 0.6 is 0 Å². The van der Waals surface area contributed by atoms with E-state index in [0.29, 0.717) is 0 Å². The first-order chi connectivity index (χ1) is 10.8. The largest absolute Gasteiger partial charge is 0.456 e. The Morgan fingerprint density at radius 1 is 0.957 bits per heavy atom. The summed E-state index contributed by atoms with van der Waals surface area (Å²) in [5, 5.41) is 0. The Kier molecular flexibility index (Phi) is 7.18. The van der Waals surface area contributed by atoms with Crippen molar-refractivity contribution in [2.75, 3.05) is 6.61 Å². The molecule has 1 aliphatic rings. The Labute approximate surface area is 134 Å². The molecule has 0 spiro atoms. The number of esters is 3. The van der Waals surface area contributed by atoms with Gasteiger partial charge in [0.2, 0.25) is 0 Å². The van der Waals surface area contributed by atoms with Gasteiger partial charge in [0.05, 0.1) is 12.7 Å². The van der Waals surface area contributed by atoms with Crippen LogP contribution in [0, 0.1) is 0 Å². The van der Waals surface area contributed by atoms with Crippen molar-refractivity contribution in [2.45, 2.75) is 58.4 Å². The van der Waals surface area contributed by atoms with Gasteiger partial charge in [-0.25, -0.2) is 0 Å². The van der Waals surface area contributed by atoms with Gasteiger partial charge in [0.15, 0.2) is 24.6 Å². The Balaban J connectivity index is 3.10. The summed E-state index contributed by atoms with van der Waals surface area (Å²) in [6.45, 7) is 8.93. The Hall–Kier alpha value is -1.93. The van der Waals surface area contributed by atoms with E-state index in [4.69, 9.17) is 23.7 Å². The van der Waals surface area contributed by atoms with Gasteiger partial charge in [0, 0.05) is 20.8 Å². The maximum atomic E-state index is 11.4. The van der Waals surface area contributed by atoms with Crippen LogP contribution in [0.15, 0.2) is 12.7 Å². The Morgan fingerprint density at radius 3 is 1.91 bits per heavy atom. The molecule has 0 aromatic heterocycles. The van der Waals surface area contributed by atoms with Crippen molar-refractivity contribution in [2.24, 2.45) is 0 Å². The second kappa shape index (κ2) is 8.64. The number of hydrogen-bond donors (Lipinski definition) is 0. The minimum absolute atomic E-state index is 0.139. The van der Waals surface area contributed by atoms with Gasteiger partial charge < -0.3 is 23.7 Å². The first kappa shape index (κ1) is 19.1. The van der Waals surface area contributed by atoms with Crippen LogP contribution in [-0.2, 0) is 38.1 Å². The molecule has 0 aliphatic carbocycles. The van der Waals surface area contributed by atoms with Crippen LogP contribution in [-0.4, -0.2) is 55.2 Å². The third-order valence-corrected chi connectivity index (χ3v) is 3.01. The summed E-state index contributed by atoms with van der Waals surface area (Å²) in [4.78, 5) is 34.1. The van der Waals surface area contributed by atoms with Crippen LogP contribution in [0.4, 0.5) is 0 Å². The van der Waals surface area contributed by atoms with Crippen LogP contribution in [0.2, 0.25) is 0 Å². The normalized spacial score (nSPS) is 30.2. The average molecular weight is 330 g/mol. The molecule has 0 N–H and O–H groups in total. The Bertz CT molecular complexity index is 460. The Morgan fingerprint density at radius 2 is 1.43 bits per heavy atom. The maximum absolute atomic E-state index is 11.4. The highest BCUT2D eigenvalue weighted by Crippen LogP contribution is 2.29. The summed E-state index contributed by atoms with van der Waals surface area (Å²) in [6.07, 6.45) is -3.16. The highest BCUT2D eigenvalue weighted by molar-refractivity contribution is 5.68. The van der Waals surface area contributed by atoms with Crippen LogP contribution in [0.3, 0.4) is 0 Å². The third kappa shape index (κ3) is 5.65. The van der Waals surface area contributed by atoms with E-state index in [-0.39, 0.29) is 6.61 Å². The van der Waals surface area contributed by atoms with E-state index in [1.165, 1.54) is 26.8 Å². The molecule has 0 aromatic carbocycles. The SMILES string of the molecule is C=CCO[C@@H]1O[C@@H](C)[C@H](OC(C)=O)[C@@H](OC(C)=O)[C@H]1OC(C)=O. The minimum atomic E-state index is -1.07. The fraction of sp³-hybridized carbons (Fsp3) is 0.667. The summed E-state index contributed by atoms with van der Waals surface area (Å²) in [5.41, 5.74) is 0. The molecular weight excluding hydrogens is 308 g/mol. The lowest BCUT2D eigenvalue weighted by Crippen LogP contribution is -2.61. The molecule has 130 valence electrons. The molecule has 1 rings (SSSR count). The average Bonchev–Trinajstić information content (AvgIpc) is 2.42. The van der Waals surface area contributed by atoms with Crippen LogP contribution < -0.4 is 0 Å². The lowest BCUT2D eigenvalue weighted by Gasteiger charge is -2.43. The summed E-state index contributed by atoms with van der Waals surface area (Å²) >= 11 is 0. The molecule has 8 nitrogen and oxygen atoms in total. The fourth-order valence-electron chi connectivity index (χ4n) is 2.27. The van der Waals surface area contributed by atoms with Crippen LogP contribution in [0.25, 0.3) is 0 Å². The molecule has 0 aromatic rings. The smallest absolute Gasteiger partial charge is 0.303 e. The van der Waals surface area contributed by atoms with Crippen molar-refractivity contribution in [1.29, 1.82) is 0 Å². The summed E-state index contributed by atoms with van der Waals surface area (Å²) in [7, 11) is 0. The van der Waals surface area contributed by atoms with Gasteiger partial charge >= 0.3 is 17.9 Å². The molecule has 0 amide bonds. The summed E-state index contributed by atoms with van der Waals surface area (Å²) in [5.74, 6) is -1.80. The molecule has 0 radical (unpaired) electrons. The summed E-state index contributed by atoms with van der Waals surface area (Å²) in [6, 6.07) is 0. The second-order valence-electron chi connectivity index (χ2n) is 5.05. The van der Waals surface area contributed by atoms with Crippen molar-refractivity contribution < 1.29 is 38.1 Å². The highest BCUT2D eigenvalue weighted by atomic mass is 16.7. The van der Waals surface area contributed by atoms with Crippen molar-refractivity contribution in [3.05, 3.63) is 12.7 Å². The molecule has 0 saturated carbocycles. The molecule has 1 fully saturated rings. The van der Waals surface area contributed by atoms with Crippen molar-refractivity contribution in [3.63, 3.8) is 0 Å². The minimum Gasteiger partial charge on any atom is -0.456 e. The third-order valence-electron chi connectivity index (χ3n) is 3.01. The van der Waals surface area contributed by atoms with Crippen LogP contribution in [0.1, 0.15) is 27.7 Å². The molecule has 1 heterocycles. The van der Waals surface area contributed by atoms with E-state index < -0.39 is 48.6 Å². The molecule has 1 saturated heterocycles. The van der Waals surface area contributed by atoms with E-state index in [1.54, 1.807) is 6.92 Å². The summed E-state index contributed by atoms with van der Waals surface area (Å²) < 4.78 is 26.6. The molecule has 8 heteroatoms. The monoisotopic (exact) mass is 330 g/mol. The van der Waals surface area contributed by atoms with Gasteiger partial charge in [0.1, 0.15) is 0 Å². The van der Waals surface area contributed by atoms with E-state index in [2.05, 4.69) is 6.58 Å². The van der Waals surface area contributed by atoms with Crippen molar-refractivity contribution in [3.8, 4) is 0 Å². The number of carbonyl (C=O) groups is 3. The number of hydrogen-bond acceptors (Lipinski definition) is 8. The van der Waals surface area contributed by atoms with E-state index >= 15 is 0 Å². The zero-order chi connectivity index (χ0) is 17.6. The van der Waals surface area contributed by atoms with Gasteiger partial charge in [-0.05, 0) is 6.92 Å². The van der Waals surface area contributed by atoms with Gasteiger partial charge in [0.25, 0.3) is 0 Å². The van der Waals surface area contributed by atoms with E-state index in [1.807, 2.05) is 0 Å². The molecule has 0 unspecified atom stereocenters. The molecule has 0 bridgehead atoms. The van der Waals surface area contributed by atoms with Gasteiger partial charge in [-0.1, -0.05) is 6.08 Å². The molecular formula is C15H22O8. The van der Waals surface area contributed by atoms with Crippen LogP contribution in [0.5, 0.6) is 0 Å². The molecule has 1 aliphatic heterocycles. The fourth-order valence-corrected chi connectivity index (χ4v) is 2.27. The number of ether oxygens (including phenoxy) is 5. The molecule has 5 atom stereocenters. The second-order valence-corrected chi connectivity index (χ2v) is 5.05. The highest BCUT2D eigenvalue weighted by Gasteiger charge is 2.50. The zero-order valence-corrected chi connectivity index (χ0v) is 13.6. The maximum Gasteiger partial charge on any atom is 0.303 e. The van der Waals surface area contributed by atoms with E-state index in [9.17, 15) is 14.4 Å². The molecule has 23 heavy (non-hydrogen) atoms. The first-order valence-electron chi connectivity index (χ1n) is 7.15. The lowest BCUT2D eigenvalue weighted by molar-refractivity contribution is -0.298. The van der Waals surface area contributed by atoms with Crippen molar-refractivity contribution in [1.82, 2.24) is 0 Å². The quantitative estimate of drug-likeness (QED) is 0.399. The van der Waals surface area contributed by atoms with Gasteiger partial charge in [-0.2, -0.15) is 0 Å². The lowest BCUT2D eigenvalue weighted by atomic mass is 9.99.